The summed E-state index contributed by atoms with van der Waals surface area (Å²) < 4.78 is 7.04. The lowest BCUT2D eigenvalue weighted by molar-refractivity contribution is 0.404. The van der Waals surface area contributed by atoms with E-state index in [9.17, 15) is 0 Å². The minimum atomic E-state index is 1.14. The molecule has 16 heavy (non-hydrogen) atoms. The first-order valence-electron chi connectivity index (χ1n) is 5.88. The van der Waals surface area contributed by atoms with Crippen LogP contribution in [0.1, 0.15) is 29.5 Å². The lowest BCUT2D eigenvalue weighted by atomic mass is 9.87. The Balaban J connectivity index is 2.41. The van der Waals surface area contributed by atoms with Crippen LogP contribution in [0.4, 0.5) is 0 Å². The van der Waals surface area contributed by atoms with Crippen molar-refractivity contribution < 1.29 is 4.74 Å². The molecule has 1 aromatic carbocycles. The molecule has 1 heterocycles. The molecule has 0 bridgehead atoms. The summed E-state index contributed by atoms with van der Waals surface area (Å²) in [6, 6.07) is 2.27. The van der Waals surface area contributed by atoms with Gasteiger partial charge >= 0.3 is 0 Å². The average molecular weight is 232 g/mol. The van der Waals surface area contributed by atoms with Crippen LogP contribution in [-0.2, 0) is 12.8 Å². The second-order valence-corrected chi connectivity index (χ2v) is 5.40. The van der Waals surface area contributed by atoms with Crippen LogP contribution >= 0.6 is 11.3 Å². The van der Waals surface area contributed by atoms with E-state index in [2.05, 4.69) is 18.4 Å². The first-order valence-corrected chi connectivity index (χ1v) is 6.76. The number of methoxy groups -OCH3 is 1. The summed E-state index contributed by atoms with van der Waals surface area (Å²) in [7, 11) is 1.80. The molecule has 0 saturated heterocycles. The van der Waals surface area contributed by atoms with E-state index in [1.165, 1.54) is 46.9 Å². The van der Waals surface area contributed by atoms with E-state index in [0.717, 1.165) is 5.75 Å². The molecule has 1 aliphatic rings. The summed E-state index contributed by atoms with van der Waals surface area (Å²) in [6.07, 6.45) is 5.03. The van der Waals surface area contributed by atoms with E-state index in [0.29, 0.717) is 0 Å². The highest BCUT2D eigenvalue weighted by Crippen LogP contribution is 2.41. The quantitative estimate of drug-likeness (QED) is 0.719. The van der Waals surface area contributed by atoms with Crippen molar-refractivity contribution in [3.63, 3.8) is 0 Å². The van der Waals surface area contributed by atoms with E-state index in [4.69, 9.17) is 4.74 Å². The fraction of sp³-hybridized carbons (Fsp3) is 0.429. The van der Waals surface area contributed by atoms with Gasteiger partial charge in [0.1, 0.15) is 5.75 Å². The minimum absolute atomic E-state index is 1.14. The Labute approximate surface area is 100 Å². The molecule has 1 aromatic heterocycles. The van der Waals surface area contributed by atoms with Gasteiger partial charge in [-0.05, 0) is 60.6 Å². The van der Waals surface area contributed by atoms with E-state index < -0.39 is 0 Å². The topological polar surface area (TPSA) is 9.23 Å². The largest absolute Gasteiger partial charge is 0.496 e. The maximum absolute atomic E-state index is 5.63. The standard InChI is InChI=1S/C14H16OS/c1-9-13(15-2)11-6-4-3-5-10(11)12-7-8-16-14(9)12/h7-8H,3-6H2,1-2H3. The van der Waals surface area contributed by atoms with Crippen LogP contribution in [0.25, 0.3) is 10.1 Å². The van der Waals surface area contributed by atoms with Crippen LogP contribution in [0.3, 0.4) is 0 Å². The zero-order valence-electron chi connectivity index (χ0n) is 9.80. The zero-order valence-corrected chi connectivity index (χ0v) is 10.6. The number of fused-ring (bicyclic) bond motifs is 3. The summed E-state index contributed by atoms with van der Waals surface area (Å²) in [5.74, 6) is 1.14. The molecular weight excluding hydrogens is 216 g/mol. The average Bonchev–Trinajstić information content (AvgIpc) is 2.79. The molecule has 0 amide bonds. The van der Waals surface area contributed by atoms with Crippen molar-refractivity contribution in [1.82, 2.24) is 0 Å². The molecular formula is C14H16OS. The van der Waals surface area contributed by atoms with Crippen LogP contribution in [0, 0.1) is 6.92 Å². The lowest BCUT2D eigenvalue weighted by Gasteiger charge is -2.21. The van der Waals surface area contributed by atoms with Gasteiger partial charge in [-0.15, -0.1) is 11.3 Å². The van der Waals surface area contributed by atoms with Gasteiger partial charge in [0.25, 0.3) is 0 Å². The van der Waals surface area contributed by atoms with Gasteiger partial charge in [0.05, 0.1) is 7.11 Å². The molecule has 0 spiro atoms. The van der Waals surface area contributed by atoms with Crippen LogP contribution in [0.2, 0.25) is 0 Å². The highest BCUT2D eigenvalue weighted by atomic mass is 32.1. The van der Waals surface area contributed by atoms with Gasteiger partial charge in [0.15, 0.2) is 0 Å². The van der Waals surface area contributed by atoms with Gasteiger partial charge in [0.2, 0.25) is 0 Å². The fourth-order valence-corrected chi connectivity index (χ4v) is 3.82. The van der Waals surface area contributed by atoms with Gasteiger partial charge < -0.3 is 4.74 Å². The highest BCUT2D eigenvalue weighted by molar-refractivity contribution is 7.17. The Morgan fingerprint density at radius 3 is 2.69 bits per heavy atom. The van der Waals surface area contributed by atoms with Crippen molar-refractivity contribution in [2.24, 2.45) is 0 Å². The van der Waals surface area contributed by atoms with Gasteiger partial charge in [0, 0.05) is 10.3 Å². The second-order valence-electron chi connectivity index (χ2n) is 4.49. The number of hydrogen-bond acceptors (Lipinski definition) is 2. The molecule has 0 fully saturated rings. The van der Waals surface area contributed by atoms with Crippen molar-refractivity contribution in [1.29, 1.82) is 0 Å². The molecule has 2 heteroatoms. The van der Waals surface area contributed by atoms with E-state index in [1.807, 2.05) is 11.3 Å². The Bertz CT molecular complexity index is 539. The predicted molar refractivity (Wildman–Crippen MR) is 69.8 cm³/mol. The zero-order chi connectivity index (χ0) is 11.1. The smallest absolute Gasteiger partial charge is 0.126 e. The third-order valence-electron chi connectivity index (χ3n) is 3.62. The van der Waals surface area contributed by atoms with E-state index in [1.54, 1.807) is 12.7 Å². The first kappa shape index (κ1) is 10.2. The van der Waals surface area contributed by atoms with Crippen molar-refractivity contribution in [2.75, 3.05) is 7.11 Å². The summed E-state index contributed by atoms with van der Waals surface area (Å²) >= 11 is 1.84. The highest BCUT2D eigenvalue weighted by Gasteiger charge is 2.20. The van der Waals surface area contributed by atoms with Gasteiger partial charge in [-0.1, -0.05) is 0 Å². The summed E-state index contributed by atoms with van der Waals surface area (Å²) in [4.78, 5) is 0. The van der Waals surface area contributed by atoms with Crippen molar-refractivity contribution >= 4 is 21.4 Å². The number of ether oxygens (including phenoxy) is 1. The third-order valence-corrected chi connectivity index (χ3v) is 4.65. The molecule has 1 aliphatic carbocycles. The van der Waals surface area contributed by atoms with Crippen molar-refractivity contribution in [3.8, 4) is 5.75 Å². The van der Waals surface area contributed by atoms with Crippen LogP contribution in [-0.4, -0.2) is 7.11 Å². The molecule has 0 N–H and O–H groups in total. The Hall–Kier alpha value is -1.02. The maximum Gasteiger partial charge on any atom is 0.126 e. The molecule has 1 nitrogen and oxygen atoms in total. The molecule has 84 valence electrons. The molecule has 3 rings (SSSR count). The molecule has 0 atom stereocenters. The third kappa shape index (κ3) is 1.29. The normalized spacial score (nSPS) is 15.1. The summed E-state index contributed by atoms with van der Waals surface area (Å²) in [5, 5.41) is 3.67. The number of aryl methyl sites for hydroxylation is 2. The van der Waals surface area contributed by atoms with Gasteiger partial charge in [-0.3, -0.25) is 0 Å². The van der Waals surface area contributed by atoms with Gasteiger partial charge in [-0.25, -0.2) is 0 Å². The second kappa shape index (κ2) is 3.77. The molecule has 0 unspecified atom stereocenters. The van der Waals surface area contributed by atoms with E-state index in [-0.39, 0.29) is 0 Å². The lowest BCUT2D eigenvalue weighted by Crippen LogP contribution is -2.06. The Morgan fingerprint density at radius 2 is 1.94 bits per heavy atom. The maximum atomic E-state index is 5.63. The number of rotatable bonds is 1. The van der Waals surface area contributed by atoms with Crippen molar-refractivity contribution in [3.05, 3.63) is 28.1 Å². The Morgan fingerprint density at radius 1 is 1.19 bits per heavy atom. The first-order chi connectivity index (χ1) is 7.83. The SMILES string of the molecule is COc1c2c(c3ccsc3c1C)CCCC2. The minimum Gasteiger partial charge on any atom is -0.496 e. The molecule has 0 radical (unpaired) electrons. The number of benzene rings is 1. The monoisotopic (exact) mass is 232 g/mol. The van der Waals surface area contributed by atoms with Crippen LogP contribution < -0.4 is 4.74 Å². The molecule has 2 aromatic rings. The van der Waals surface area contributed by atoms with E-state index >= 15 is 0 Å². The predicted octanol–water partition coefficient (Wildman–Crippen LogP) is 4.10. The van der Waals surface area contributed by atoms with Crippen LogP contribution in [0.5, 0.6) is 5.75 Å². The molecule has 0 aliphatic heterocycles. The van der Waals surface area contributed by atoms with Crippen LogP contribution in [0.15, 0.2) is 11.4 Å². The fourth-order valence-electron chi connectivity index (χ4n) is 2.90. The van der Waals surface area contributed by atoms with Gasteiger partial charge in [-0.2, -0.15) is 0 Å². The van der Waals surface area contributed by atoms with Crippen molar-refractivity contribution in [2.45, 2.75) is 32.6 Å². The number of thiophene rings is 1. The Kier molecular flexibility index (Phi) is 2.40. The number of hydrogen-bond donors (Lipinski definition) is 0. The molecule has 0 saturated carbocycles. The summed E-state index contributed by atoms with van der Waals surface area (Å²) in [5.41, 5.74) is 4.34. The summed E-state index contributed by atoms with van der Waals surface area (Å²) in [6.45, 7) is 2.19.